The molecule has 0 aromatic carbocycles. The van der Waals surface area contributed by atoms with Gasteiger partial charge in [-0.2, -0.15) is 0 Å². The molecule has 0 aromatic rings. The van der Waals surface area contributed by atoms with Crippen molar-refractivity contribution < 1.29 is 9.53 Å². The minimum Gasteiger partial charge on any atom is -0.468 e. The molecule has 3 nitrogen and oxygen atoms in total. The van der Waals surface area contributed by atoms with Gasteiger partial charge in [-0.05, 0) is 31.6 Å². The van der Waals surface area contributed by atoms with E-state index in [0.29, 0.717) is 24.5 Å². The van der Waals surface area contributed by atoms with Gasteiger partial charge in [-0.3, -0.25) is 4.79 Å². The molecular weight excluding hydrogens is 178 g/mol. The Kier molecular flexibility index (Phi) is 6.54. The Morgan fingerprint density at radius 3 is 2.43 bits per heavy atom. The minimum absolute atomic E-state index is 0.431. The molecule has 14 heavy (non-hydrogen) atoms. The molecule has 1 fully saturated rings. The Hall–Kier alpha value is -0.570. The van der Waals surface area contributed by atoms with Gasteiger partial charge in [0, 0.05) is 6.04 Å². The van der Waals surface area contributed by atoms with E-state index in [1.807, 2.05) is 0 Å². The molecular formula is C11H23NO2. The Morgan fingerprint density at radius 2 is 2.21 bits per heavy atom. The number of carbonyl (C=O) groups is 1. The molecule has 0 saturated heterocycles. The summed E-state index contributed by atoms with van der Waals surface area (Å²) in [5, 5.41) is 0. The van der Waals surface area contributed by atoms with E-state index in [0.717, 1.165) is 0 Å². The molecule has 2 N–H and O–H groups in total. The number of rotatable bonds is 2. The molecule has 3 heteroatoms. The summed E-state index contributed by atoms with van der Waals surface area (Å²) in [7, 11) is 0. The summed E-state index contributed by atoms with van der Waals surface area (Å²) in [6.07, 6.45) is 5.14. The van der Waals surface area contributed by atoms with Gasteiger partial charge in [0.2, 0.25) is 0 Å². The van der Waals surface area contributed by atoms with Crippen LogP contribution in [0.5, 0.6) is 0 Å². The number of carbonyl (C=O) groups excluding carboxylic acids is 1. The van der Waals surface area contributed by atoms with Gasteiger partial charge in [0.05, 0.1) is 6.61 Å². The van der Waals surface area contributed by atoms with Crippen molar-refractivity contribution in [3.05, 3.63) is 0 Å². The quantitative estimate of drug-likeness (QED) is 0.696. The zero-order valence-corrected chi connectivity index (χ0v) is 9.58. The lowest BCUT2D eigenvalue weighted by Crippen LogP contribution is -2.32. The van der Waals surface area contributed by atoms with Crippen molar-refractivity contribution in [1.29, 1.82) is 0 Å². The van der Waals surface area contributed by atoms with Gasteiger partial charge < -0.3 is 10.5 Å². The maximum atomic E-state index is 9.18. The zero-order valence-electron chi connectivity index (χ0n) is 9.58. The summed E-state index contributed by atoms with van der Waals surface area (Å²) in [5.74, 6) is 0. The molecule has 1 aliphatic carbocycles. The average Bonchev–Trinajstić information content (AvgIpc) is 2.04. The maximum absolute atomic E-state index is 9.18. The highest BCUT2D eigenvalue weighted by molar-refractivity contribution is 5.36. The zero-order chi connectivity index (χ0) is 11.0. The van der Waals surface area contributed by atoms with E-state index >= 15 is 0 Å². The standard InChI is InChI=1S/C8H17N.C3H6O2/c1-8(2)5-3-4-7(9)6-8;1-2-5-3-4/h7H,3-6,9H2,1-2H3;3H,2H2,1H3. The maximum Gasteiger partial charge on any atom is 0.293 e. The predicted molar refractivity (Wildman–Crippen MR) is 57.9 cm³/mol. The van der Waals surface area contributed by atoms with Crippen LogP contribution >= 0.6 is 0 Å². The van der Waals surface area contributed by atoms with Crippen LogP contribution in [0.1, 0.15) is 46.5 Å². The summed E-state index contributed by atoms with van der Waals surface area (Å²) in [4.78, 5) is 9.18. The van der Waals surface area contributed by atoms with Crippen LogP contribution in [0.25, 0.3) is 0 Å². The third-order valence-corrected chi connectivity index (χ3v) is 2.48. The number of hydrogen-bond acceptors (Lipinski definition) is 3. The van der Waals surface area contributed by atoms with Crippen LogP contribution in [0.2, 0.25) is 0 Å². The summed E-state index contributed by atoms with van der Waals surface area (Å²) in [6.45, 7) is 7.29. The third-order valence-electron chi connectivity index (χ3n) is 2.48. The van der Waals surface area contributed by atoms with Crippen molar-refractivity contribution >= 4 is 6.47 Å². The van der Waals surface area contributed by atoms with E-state index < -0.39 is 0 Å². The molecule has 1 saturated carbocycles. The Balaban J connectivity index is 0.000000292. The molecule has 0 aromatic heterocycles. The van der Waals surface area contributed by atoms with Crippen LogP contribution < -0.4 is 5.73 Å². The fraction of sp³-hybridized carbons (Fsp3) is 0.909. The normalized spacial score (nSPS) is 24.4. The molecule has 0 heterocycles. The highest BCUT2D eigenvalue weighted by Gasteiger charge is 2.25. The van der Waals surface area contributed by atoms with Crippen LogP contribution in [0.4, 0.5) is 0 Å². The smallest absolute Gasteiger partial charge is 0.293 e. The fourth-order valence-electron chi connectivity index (χ4n) is 1.82. The molecule has 1 unspecified atom stereocenters. The van der Waals surface area contributed by atoms with Gasteiger partial charge >= 0.3 is 0 Å². The lowest BCUT2D eigenvalue weighted by molar-refractivity contribution is -0.128. The molecule has 0 amide bonds. The van der Waals surface area contributed by atoms with Crippen LogP contribution in [-0.4, -0.2) is 19.1 Å². The van der Waals surface area contributed by atoms with Crippen molar-refractivity contribution in [1.82, 2.24) is 0 Å². The Morgan fingerprint density at radius 1 is 1.57 bits per heavy atom. The number of nitrogens with two attached hydrogens (primary N) is 1. The van der Waals surface area contributed by atoms with E-state index in [4.69, 9.17) is 5.73 Å². The topological polar surface area (TPSA) is 52.3 Å². The van der Waals surface area contributed by atoms with E-state index in [1.165, 1.54) is 25.7 Å². The van der Waals surface area contributed by atoms with Crippen molar-refractivity contribution in [2.24, 2.45) is 11.1 Å². The van der Waals surface area contributed by atoms with E-state index in [2.05, 4.69) is 18.6 Å². The highest BCUT2D eigenvalue weighted by atomic mass is 16.5. The Labute approximate surface area is 87.0 Å². The van der Waals surface area contributed by atoms with Gasteiger partial charge in [-0.25, -0.2) is 0 Å². The van der Waals surface area contributed by atoms with Gasteiger partial charge in [0.15, 0.2) is 0 Å². The first-order valence-electron chi connectivity index (χ1n) is 5.32. The second-order valence-corrected chi connectivity index (χ2v) is 4.57. The first-order valence-corrected chi connectivity index (χ1v) is 5.32. The van der Waals surface area contributed by atoms with Gasteiger partial charge in [-0.15, -0.1) is 0 Å². The third kappa shape index (κ3) is 6.89. The van der Waals surface area contributed by atoms with Crippen molar-refractivity contribution in [3.8, 4) is 0 Å². The molecule has 1 aliphatic rings. The van der Waals surface area contributed by atoms with Crippen molar-refractivity contribution in [3.63, 3.8) is 0 Å². The molecule has 1 atom stereocenters. The van der Waals surface area contributed by atoms with E-state index in [-0.39, 0.29) is 0 Å². The van der Waals surface area contributed by atoms with Gasteiger partial charge in [-0.1, -0.05) is 20.3 Å². The SMILES string of the molecule is CC1(C)CCCC(N)C1.CCOC=O. The Bertz CT molecular complexity index is 157. The highest BCUT2D eigenvalue weighted by Crippen LogP contribution is 2.33. The van der Waals surface area contributed by atoms with E-state index in [9.17, 15) is 4.79 Å². The van der Waals surface area contributed by atoms with Crippen LogP contribution in [0.3, 0.4) is 0 Å². The lowest BCUT2D eigenvalue weighted by Gasteiger charge is -2.33. The second-order valence-electron chi connectivity index (χ2n) is 4.57. The van der Waals surface area contributed by atoms with Crippen LogP contribution in [-0.2, 0) is 9.53 Å². The summed E-state index contributed by atoms with van der Waals surface area (Å²) in [6, 6.07) is 0.480. The first kappa shape index (κ1) is 13.4. The summed E-state index contributed by atoms with van der Waals surface area (Å²) in [5.41, 5.74) is 6.34. The van der Waals surface area contributed by atoms with Crippen molar-refractivity contribution in [2.75, 3.05) is 6.61 Å². The largest absolute Gasteiger partial charge is 0.468 e. The fourth-order valence-corrected chi connectivity index (χ4v) is 1.82. The van der Waals surface area contributed by atoms with Gasteiger partial charge in [0.1, 0.15) is 0 Å². The predicted octanol–water partition coefficient (Wildman–Crippen LogP) is 2.09. The van der Waals surface area contributed by atoms with Crippen LogP contribution in [0, 0.1) is 5.41 Å². The van der Waals surface area contributed by atoms with Crippen LogP contribution in [0.15, 0.2) is 0 Å². The second kappa shape index (κ2) is 6.82. The summed E-state index contributed by atoms with van der Waals surface area (Å²) >= 11 is 0. The average molecular weight is 201 g/mol. The number of ether oxygens (including phenoxy) is 1. The summed E-state index contributed by atoms with van der Waals surface area (Å²) < 4.78 is 4.15. The monoisotopic (exact) mass is 201 g/mol. The molecule has 0 bridgehead atoms. The van der Waals surface area contributed by atoms with Crippen molar-refractivity contribution in [2.45, 2.75) is 52.5 Å². The van der Waals surface area contributed by atoms with Gasteiger partial charge in [0.25, 0.3) is 6.47 Å². The molecule has 1 rings (SSSR count). The van der Waals surface area contributed by atoms with E-state index in [1.54, 1.807) is 6.92 Å². The number of hydrogen-bond donors (Lipinski definition) is 1. The molecule has 0 aliphatic heterocycles. The lowest BCUT2D eigenvalue weighted by atomic mass is 9.75. The first-order chi connectivity index (χ1) is 6.52. The molecule has 0 spiro atoms. The minimum atomic E-state index is 0.431. The molecule has 0 radical (unpaired) electrons. The molecule has 84 valence electrons.